The third kappa shape index (κ3) is 7.88. The Morgan fingerprint density at radius 2 is 1.97 bits per heavy atom. The Labute approximate surface area is 202 Å². The Balaban J connectivity index is 0.00000341. The van der Waals surface area contributed by atoms with E-state index in [9.17, 15) is 4.39 Å². The number of morpholine rings is 1. The van der Waals surface area contributed by atoms with Gasteiger partial charge in [0.1, 0.15) is 5.82 Å². The molecule has 1 aliphatic heterocycles. The Bertz CT molecular complexity index is 755. The minimum absolute atomic E-state index is 0. The molecule has 1 aromatic rings. The molecule has 3 rings (SSSR count). The first-order chi connectivity index (χ1) is 14.6. The second-order valence-electron chi connectivity index (χ2n) is 8.42. The minimum Gasteiger partial charge on any atom is -0.379 e. The molecule has 2 fully saturated rings. The highest BCUT2D eigenvalue weighted by molar-refractivity contribution is 14.0. The van der Waals surface area contributed by atoms with E-state index in [-0.39, 0.29) is 41.8 Å². The molecule has 172 valence electrons. The van der Waals surface area contributed by atoms with Gasteiger partial charge in [0.2, 0.25) is 0 Å². The molecule has 0 aromatic heterocycles. The number of rotatable bonds is 7. The van der Waals surface area contributed by atoms with Crippen molar-refractivity contribution >= 4 is 29.9 Å². The fraction of sp³-hybridized carbons (Fsp3) is 0.652. The van der Waals surface area contributed by atoms with Gasteiger partial charge in [0.15, 0.2) is 5.96 Å². The zero-order chi connectivity index (χ0) is 21.2. The van der Waals surface area contributed by atoms with Crippen LogP contribution in [-0.2, 0) is 11.3 Å². The Morgan fingerprint density at radius 1 is 1.23 bits per heavy atom. The van der Waals surface area contributed by atoms with Crippen LogP contribution in [0, 0.1) is 22.6 Å². The van der Waals surface area contributed by atoms with Crippen molar-refractivity contribution in [3.05, 3.63) is 35.1 Å². The van der Waals surface area contributed by atoms with Gasteiger partial charge >= 0.3 is 0 Å². The van der Waals surface area contributed by atoms with Gasteiger partial charge in [-0.25, -0.2) is 9.38 Å². The molecule has 0 bridgehead atoms. The van der Waals surface area contributed by atoms with Crippen molar-refractivity contribution in [2.24, 2.45) is 10.4 Å². The monoisotopic (exact) mass is 543 g/mol. The molecule has 0 atom stereocenters. The van der Waals surface area contributed by atoms with E-state index in [4.69, 9.17) is 10.00 Å². The van der Waals surface area contributed by atoms with Crippen molar-refractivity contribution in [3.63, 3.8) is 0 Å². The second-order valence-corrected chi connectivity index (χ2v) is 8.42. The van der Waals surface area contributed by atoms with Crippen molar-refractivity contribution < 1.29 is 9.13 Å². The van der Waals surface area contributed by atoms with Gasteiger partial charge in [-0.1, -0.05) is 25.3 Å². The molecule has 2 aliphatic rings. The first-order valence-corrected chi connectivity index (χ1v) is 11.1. The predicted octanol–water partition coefficient (Wildman–Crippen LogP) is 3.65. The summed E-state index contributed by atoms with van der Waals surface area (Å²) in [5.74, 6) is 0.331. The lowest BCUT2D eigenvalue weighted by molar-refractivity contribution is 0.00820. The average Bonchev–Trinajstić information content (AvgIpc) is 2.77. The molecule has 2 N–H and O–H groups in total. The van der Waals surface area contributed by atoms with Crippen LogP contribution in [0.4, 0.5) is 4.39 Å². The minimum atomic E-state index is -0.385. The van der Waals surface area contributed by atoms with E-state index in [1.54, 1.807) is 12.1 Å². The third-order valence-electron chi connectivity index (χ3n) is 6.14. The number of hydrogen-bond acceptors (Lipinski definition) is 4. The molecule has 0 radical (unpaired) electrons. The quantitative estimate of drug-likeness (QED) is 0.312. The zero-order valence-electron chi connectivity index (χ0n) is 18.5. The summed E-state index contributed by atoms with van der Waals surface area (Å²) in [4.78, 5) is 7.13. The van der Waals surface area contributed by atoms with Gasteiger partial charge in [-0.3, -0.25) is 4.90 Å². The van der Waals surface area contributed by atoms with Crippen molar-refractivity contribution in [1.29, 1.82) is 5.26 Å². The summed E-state index contributed by atoms with van der Waals surface area (Å²) in [6.07, 6.45) is 6.31. The maximum atomic E-state index is 14.2. The van der Waals surface area contributed by atoms with E-state index >= 15 is 0 Å². The fourth-order valence-corrected chi connectivity index (χ4v) is 4.45. The highest BCUT2D eigenvalue weighted by Crippen LogP contribution is 2.36. The number of guanidine groups is 1. The fourth-order valence-electron chi connectivity index (χ4n) is 4.45. The molecule has 0 unspecified atom stereocenters. The van der Waals surface area contributed by atoms with E-state index in [0.29, 0.717) is 17.1 Å². The van der Waals surface area contributed by atoms with Gasteiger partial charge in [-0.15, -0.1) is 24.0 Å². The summed E-state index contributed by atoms with van der Waals surface area (Å²) in [6.45, 7) is 8.64. The molecule has 8 heteroatoms. The van der Waals surface area contributed by atoms with Crippen LogP contribution >= 0.6 is 24.0 Å². The molecule has 1 aromatic carbocycles. The van der Waals surface area contributed by atoms with Crippen LogP contribution in [0.1, 0.15) is 50.2 Å². The number of benzene rings is 1. The number of nitriles is 1. The van der Waals surface area contributed by atoms with Crippen LogP contribution < -0.4 is 10.6 Å². The standard InChI is InChI=1S/C23H34FN5O.HI/c1-2-26-22(27-16-20-7-6-19(15-25)14-21(20)24)28-17-23(8-4-3-5-9-23)18-29-10-12-30-13-11-29;/h6-7,14H,2-5,8-13,16-18H2,1H3,(H2,26,27,28);1H. The largest absolute Gasteiger partial charge is 0.379 e. The molecule has 31 heavy (non-hydrogen) atoms. The third-order valence-corrected chi connectivity index (χ3v) is 6.14. The van der Waals surface area contributed by atoms with Gasteiger partial charge in [0.25, 0.3) is 0 Å². The van der Waals surface area contributed by atoms with Crippen LogP contribution in [0.15, 0.2) is 23.2 Å². The molecule has 1 saturated carbocycles. The summed E-state index contributed by atoms with van der Waals surface area (Å²) in [5, 5.41) is 15.7. The maximum absolute atomic E-state index is 14.2. The Kier molecular flexibility index (Phi) is 11.0. The number of nitrogens with zero attached hydrogens (tertiary/aromatic N) is 3. The predicted molar refractivity (Wildman–Crippen MR) is 132 cm³/mol. The van der Waals surface area contributed by atoms with E-state index in [1.807, 2.05) is 13.0 Å². The smallest absolute Gasteiger partial charge is 0.191 e. The van der Waals surface area contributed by atoms with Crippen LogP contribution in [0.2, 0.25) is 0 Å². The van der Waals surface area contributed by atoms with Crippen LogP contribution in [0.3, 0.4) is 0 Å². The molecule has 1 saturated heterocycles. The van der Waals surface area contributed by atoms with Crippen LogP contribution in [-0.4, -0.2) is 56.8 Å². The maximum Gasteiger partial charge on any atom is 0.191 e. The highest BCUT2D eigenvalue weighted by Gasteiger charge is 2.34. The summed E-state index contributed by atoms with van der Waals surface area (Å²) in [6, 6.07) is 6.50. The molecule has 0 amide bonds. The summed E-state index contributed by atoms with van der Waals surface area (Å²) >= 11 is 0. The Morgan fingerprint density at radius 3 is 2.61 bits per heavy atom. The van der Waals surface area contributed by atoms with Gasteiger partial charge in [0, 0.05) is 43.7 Å². The van der Waals surface area contributed by atoms with Crippen molar-refractivity contribution in [3.8, 4) is 6.07 Å². The van der Waals surface area contributed by atoms with Crippen molar-refractivity contribution in [1.82, 2.24) is 15.5 Å². The normalized spacial score (nSPS) is 19.2. The van der Waals surface area contributed by atoms with Gasteiger partial charge in [0.05, 0.1) is 31.4 Å². The molecule has 1 aliphatic carbocycles. The topological polar surface area (TPSA) is 72.7 Å². The van der Waals surface area contributed by atoms with E-state index in [2.05, 4.69) is 20.5 Å². The van der Waals surface area contributed by atoms with Crippen LogP contribution in [0.25, 0.3) is 0 Å². The Hall–Kier alpha value is -1.44. The van der Waals surface area contributed by atoms with Crippen molar-refractivity contribution in [2.45, 2.75) is 45.6 Å². The lowest BCUT2D eigenvalue weighted by atomic mass is 9.73. The second kappa shape index (κ2) is 13.2. The van der Waals surface area contributed by atoms with Crippen molar-refractivity contribution in [2.75, 3.05) is 45.9 Å². The molecule has 1 heterocycles. The number of nitrogens with one attached hydrogen (secondary N) is 2. The number of aliphatic imine (C=N–C) groups is 1. The molecule has 6 nitrogen and oxygen atoms in total. The summed E-state index contributed by atoms with van der Waals surface area (Å²) in [5.41, 5.74) is 1.06. The zero-order valence-corrected chi connectivity index (χ0v) is 20.8. The van der Waals surface area contributed by atoms with E-state index in [1.165, 1.54) is 38.2 Å². The van der Waals surface area contributed by atoms with E-state index < -0.39 is 0 Å². The lowest BCUT2D eigenvalue weighted by Gasteiger charge is -2.42. The SMILES string of the molecule is CCNC(=NCc1ccc(C#N)cc1F)NCC1(CN2CCOCC2)CCCCC1.I. The van der Waals surface area contributed by atoms with E-state index in [0.717, 1.165) is 45.9 Å². The lowest BCUT2D eigenvalue weighted by Crippen LogP contribution is -2.51. The average molecular weight is 543 g/mol. The highest BCUT2D eigenvalue weighted by atomic mass is 127. The first-order valence-electron chi connectivity index (χ1n) is 11.1. The summed E-state index contributed by atoms with van der Waals surface area (Å²) < 4.78 is 19.7. The van der Waals surface area contributed by atoms with Gasteiger partial charge in [-0.05, 0) is 31.9 Å². The molecule has 0 spiro atoms. The number of halogens is 2. The first kappa shape index (κ1) is 25.8. The number of ether oxygens (including phenoxy) is 1. The number of hydrogen-bond donors (Lipinski definition) is 2. The van der Waals surface area contributed by atoms with Gasteiger partial charge in [-0.2, -0.15) is 5.26 Å². The summed E-state index contributed by atoms with van der Waals surface area (Å²) in [7, 11) is 0. The molecular formula is C23H35FIN5O. The van der Waals surface area contributed by atoms with Gasteiger partial charge < -0.3 is 15.4 Å². The van der Waals surface area contributed by atoms with Crippen LogP contribution in [0.5, 0.6) is 0 Å². The molecular weight excluding hydrogens is 508 g/mol.